The molecule has 3 N–H and O–H groups in total. The van der Waals surface area contributed by atoms with Crippen LogP contribution in [0.5, 0.6) is 0 Å². The number of amides is 1. The van der Waals surface area contributed by atoms with E-state index >= 15 is 0 Å². The van der Waals surface area contributed by atoms with Crippen LogP contribution in [0.3, 0.4) is 0 Å². The van der Waals surface area contributed by atoms with Crippen molar-refractivity contribution in [2.75, 3.05) is 26.3 Å². The lowest BCUT2D eigenvalue weighted by atomic mass is 9.96. The average molecular weight is 679 g/mol. The standard InChI is InChI=1S/C21H29N3O3.C16H21N3O.ClH/c1-21(2,3)27-20(26)24-12-6-10-18(24)16-8-4-5-9-17(16)19-14-22-15-23(19)11-7-13-25;20-10-4-9-19-12-17-11-16(19)14-6-2-1-5-13(14)15-7-3-8-18-15;/h4-5,8-9,14-15,18,25H,6-7,10-13H2,1-3H3;1-2,5-6,11-12,15,18,20H,3-4,7-10H2;1H. The molecule has 260 valence electrons. The summed E-state index contributed by atoms with van der Waals surface area (Å²) in [4.78, 5) is 23.1. The highest BCUT2D eigenvalue weighted by Gasteiger charge is 2.34. The van der Waals surface area contributed by atoms with Crippen LogP contribution in [0.1, 0.15) is 82.5 Å². The number of nitrogens with zero attached hydrogens (tertiary/aromatic N) is 5. The van der Waals surface area contributed by atoms with Gasteiger partial charge in [0.1, 0.15) is 5.60 Å². The van der Waals surface area contributed by atoms with Gasteiger partial charge in [0.05, 0.1) is 42.5 Å². The van der Waals surface area contributed by atoms with Crippen LogP contribution in [0, 0.1) is 0 Å². The van der Waals surface area contributed by atoms with Crippen molar-refractivity contribution >= 4 is 18.5 Å². The number of halogens is 1. The average Bonchev–Trinajstić information content (AvgIpc) is 3.90. The van der Waals surface area contributed by atoms with E-state index < -0.39 is 5.60 Å². The molecule has 2 atom stereocenters. The number of aliphatic hydroxyl groups is 2. The van der Waals surface area contributed by atoms with Gasteiger partial charge >= 0.3 is 6.09 Å². The molecule has 2 aliphatic rings. The molecule has 0 saturated carbocycles. The Balaban J connectivity index is 0.000000221. The van der Waals surface area contributed by atoms with Crippen LogP contribution in [0.2, 0.25) is 0 Å². The Morgan fingerprint density at radius 1 is 0.854 bits per heavy atom. The predicted molar refractivity (Wildman–Crippen MR) is 191 cm³/mol. The Kier molecular flexibility index (Phi) is 13.6. The molecule has 4 aromatic rings. The summed E-state index contributed by atoms with van der Waals surface area (Å²) in [6.45, 7) is 9.36. The minimum atomic E-state index is -0.507. The summed E-state index contributed by atoms with van der Waals surface area (Å²) in [5.41, 5.74) is 6.45. The molecule has 11 heteroatoms. The van der Waals surface area contributed by atoms with Gasteiger partial charge in [-0.15, -0.1) is 12.4 Å². The molecule has 1 amide bonds. The first-order valence-corrected chi connectivity index (χ1v) is 16.9. The fraction of sp³-hybridized carbons (Fsp3) is 0.486. The van der Waals surface area contributed by atoms with Crippen LogP contribution < -0.4 is 5.32 Å². The highest BCUT2D eigenvalue weighted by atomic mass is 35.5. The molecule has 2 aliphatic heterocycles. The molecule has 0 bridgehead atoms. The van der Waals surface area contributed by atoms with Gasteiger partial charge in [0.2, 0.25) is 0 Å². The van der Waals surface area contributed by atoms with E-state index in [1.54, 1.807) is 6.33 Å². The maximum atomic E-state index is 12.7. The highest BCUT2D eigenvalue weighted by Crippen LogP contribution is 2.38. The molecule has 2 aromatic heterocycles. The first-order chi connectivity index (χ1) is 22.8. The van der Waals surface area contributed by atoms with E-state index in [0.29, 0.717) is 25.6 Å². The van der Waals surface area contributed by atoms with Crippen LogP contribution in [0.15, 0.2) is 73.6 Å². The molecule has 4 heterocycles. The molecular weight excluding hydrogens is 628 g/mol. The summed E-state index contributed by atoms with van der Waals surface area (Å²) >= 11 is 0. The summed E-state index contributed by atoms with van der Waals surface area (Å²) < 4.78 is 9.81. The third-order valence-electron chi connectivity index (χ3n) is 8.69. The molecule has 2 saturated heterocycles. The van der Waals surface area contributed by atoms with E-state index in [2.05, 4.69) is 60.8 Å². The van der Waals surface area contributed by atoms with Crippen molar-refractivity contribution in [3.63, 3.8) is 0 Å². The molecular formula is C37H51ClN6O4. The van der Waals surface area contributed by atoms with E-state index in [0.717, 1.165) is 54.9 Å². The number of aromatic nitrogens is 4. The van der Waals surface area contributed by atoms with Gasteiger partial charge in [-0.05, 0) is 77.0 Å². The summed E-state index contributed by atoms with van der Waals surface area (Å²) in [7, 11) is 0. The number of hydrogen-bond acceptors (Lipinski definition) is 7. The van der Waals surface area contributed by atoms with Gasteiger partial charge in [0.25, 0.3) is 0 Å². The van der Waals surface area contributed by atoms with Crippen LogP contribution in [-0.4, -0.2) is 72.2 Å². The summed E-state index contributed by atoms with van der Waals surface area (Å²) in [5, 5.41) is 21.7. The number of aryl methyl sites for hydroxylation is 2. The fourth-order valence-electron chi connectivity index (χ4n) is 6.56. The van der Waals surface area contributed by atoms with Crippen molar-refractivity contribution in [2.24, 2.45) is 0 Å². The molecule has 2 aromatic carbocycles. The van der Waals surface area contributed by atoms with Gasteiger partial charge < -0.3 is 34.3 Å². The predicted octanol–water partition coefficient (Wildman–Crippen LogP) is 6.78. The molecule has 0 spiro atoms. The van der Waals surface area contributed by atoms with Gasteiger partial charge in [-0.3, -0.25) is 0 Å². The normalized spacial score (nSPS) is 17.5. The number of nitrogens with one attached hydrogen (secondary N) is 1. The zero-order valence-electron chi connectivity index (χ0n) is 28.4. The van der Waals surface area contributed by atoms with Crippen molar-refractivity contribution in [1.82, 2.24) is 29.3 Å². The zero-order valence-corrected chi connectivity index (χ0v) is 29.2. The molecule has 6 rings (SSSR count). The Morgan fingerprint density at radius 3 is 1.96 bits per heavy atom. The Bertz CT molecular complexity index is 1580. The van der Waals surface area contributed by atoms with E-state index in [1.165, 1.54) is 24.0 Å². The quantitative estimate of drug-likeness (QED) is 0.169. The Labute approximate surface area is 290 Å². The maximum Gasteiger partial charge on any atom is 0.410 e. The highest BCUT2D eigenvalue weighted by molar-refractivity contribution is 5.85. The van der Waals surface area contributed by atoms with E-state index in [-0.39, 0.29) is 37.8 Å². The summed E-state index contributed by atoms with van der Waals surface area (Å²) in [6, 6.07) is 17.2. The number of imidazole rings is 2. The maximum absolute atomic E-state index is 12.7. The number of rotatable bonds is 10. The SMILES string of the molecule is CC(C)(C)OC(=O)N1CCCC1c1ccccc1-c1cncn1CCCO.Cl.OCCCn1cncc1-c1ccccc1C1CCCN1. The second-order valence-electron chi connectivity index (χ2n) is 13.3. The summed E-state index contributed by atoms with van der Waals surface area (Å²) in [5.74, 6) is 0. The number of aliphatic hydroxyl groups excluding tert-OH is 2. The van der Waals surface area contributed by atoms with E-state index in [4.69, 9.17) is 14.9 Å². The molecule has 2 unspecified atom stereocenters. The van der Waals surface area contributed by atoms with Gasteiger partial charge in [0, 0.05) is 50.0 Å². The van der Waals surface area contributed by atoms with Crippen molar-refractivity contribution in [1.29, 1.82) is 0 Å². The van der Waals surface area contributed by atoms with Crippen LogP contribution in [0.4, 0.5) is 4.79 Å². The van der Waals surface area contributed by atoms with Crippen molar-refractivity contribution in [2.45, 2.75) is 90.1 Å². The van der Waals surface area contributed by atoms with Crippen molar-refractivity contribution < 1.29 is 19.7 Å². The zero-order chi connectivity index (χ0) is 33.2. The van der Waals surface area contributed by atoms with Gasteiger partial charge in [-0.1, -0.05) is 48.5 Å². The molecule has 48 heavy (non-hydrogen) atoms. The molecule has 0 radical (unpaired) electrons. The third kappa shape index (κ3) is 9.25. The molecule has 10 nitrogen and oxygen atoms in total. The number of carbonyl (C=O) groups is 1. The van der Waals surface area contributed by atoms with E-state index in [9.17, 15) is 4.79 Å². The fourth-order valence-corrected chi connectivity index (χ4v) is 6.56. The smallest absolute Gasteiger partial charge is 0.410 e. The lowest BCUT2D eigenvalue weighted by Crippen LogP contribution is -2.36. The molecule has 2 fully saturated rings. The number of benzene rings is 2. The van der Waals surface area contributed by atoms with Crippen molar-refractivity contribution in [3.8, 4) is 22.5 Å². The number of likely N-dealkylation sites (tertiary alicyclic amines) is 1. The Hall–Kier alpha value is -3.70. The second-order valence-corrected chi connectivity index (χ2v) is 13.3. The van der Waals surface area contributed by atoms with Gasteiger partial charge in [-0.2, -0.15) is 0 Å². The summed E-state index contributed by atoms with van der Waals surface area (Å²) in [6.07, 6.45) is 12.9. The number of carbonyl (C=O) groups excluding carboxylic acids is 1. The Morgan fingerprint density at radius 2 is 1.42 bits per heavy atom. The first-order valence-electron chi connectivity index (χ1n) is 16.9. The van der Waals surface area contributed by atoms with Gasteiger partial charge in [0.15, 0.2) is 0 Å². The third-order valence-corrected chi connectivity index (χ3v) is 8.69. The van der Waals surface area contributed by atoms with Crippen LogP contribution in [-0.2, 0) is 17.8 Å². The van der Waals surface area contributed by atoms with E-state index in [1.807, 2.05) is 56.5 Å². The second kappa shape index (κ2) is 17.6. The lowest BCUT2D eigenvalue weighted by Gasteiger charge is -2.30. The lowest BCUT2D eigenvalue weighted by molar-refractivity contribution is 0.0225. The topological polar surface area (TPSA) is 118 Å². The van der Waals surface area contributed by atoms with Crippen LogP contribution in [0.25, 0.3) is 22.5 Å². The molecule has 0 aliphatic carbocycles. The monoisotopic (exact) mass is 678 g/mol. The van der Waals surface area contributed by atoms with Crippen molar-refractivity contribution in [3.05, 3.63) is 84.7 Å². The largest absolute Gasteiger partial charge is 0.444 e. The number of ether oxygens (including phenoxy) is 1. The number of hydrogen-bond donors (Lipinski definition) is 3. The van der Waals surface area contributed by atoms with Crippen LogP contribution >= 0.6 is 12.4 Å². The minimum absolute atomic E-state index is 0. The first kappa shape index (κ1) is 37.1. The van der Waals surface area contributed by atoms with Gasteiger partial charge in [-0.25, -0.2) is 14.8 Å². The minimum Gasteiger partial charge on any atom is -0.444 e.